The van der Waals surface area contributed by atoms with E-state index in [9.17, 15) is 20.4 Å². The van der Waals surface area contributed by atoms with Gasteiger partial charge >= 0.3 is 6.09 Å². The largest absolute Gasteiger partial charge is 0.465 e. The lowest BCUT2D eigenvalue weighted by Gasteiger charge is -2.38. The number of hydrogen-bond acceptors (Lipinski definition) is 10. The van der Waals surface area contributed by atoms with Crippen LogP contribution in [0, 0.1) is 22.7 Å². The standard InChI is InChI=1S/C22H21ClN10O3/c23-18-14(5-11(7-24)6-16(18)32-4-3-17(34)15(10-32)29-22(35)36)28-21-30-19(27-12-1-2-12)20-26-9-13(8-25)33(20)31-21/h5-6,9,12,15,17,29,34H,1-4,10H2,(H,35,36)(H2,27,28,30,31)/t15-,17-/m1/s1. The Balaban J connectivity index is 1.50. The molecule has 184 valence electrons. The Bertz CT molecular complexity index is 1420. The number of aliphatic hydroxyl groups excluding tert-OH is 1. The first-order valence-electron chi connectivity index (χ1n) is 11.2. The summed E-state index contributed by atoms with van der Waals surface area (Å²) >= 11 is 6.75. The number of carbonyl (C=O) groups is 1. The van der Waals surface area contributed by atoms with Gasteiger partial charge in [0.05, 0.1) is 46.4 Å². The monoisotopic (exact) mass is 508 g/mol. The van der Waals surface area contributed by atoms with E-state index in [2.05, 4.69) is 43.2 Å². The van der Waals surface area contributed by atoms with E-state index < -0.39 is 18.2 Å². The molecular weight excluding hydrogens is 488 g/mol. The normalized spacial score (nSPS) is 19.4. The molecule has 13 nitrogen and oxygen atoms in total. The predicted molar refractivity (Wildman–Crippen MR) is 129 cm³/mol. The Morgan fingerprint density at radius 2 is 2.03 bits per heavy atom. The Morgan fingerprint density at radius 1 is 1.22 bits per heavy atom. The van der Waals surface area contributed by atoms with Crippen molar-refractivity contribution in [3.8, 4) is 12.1 Å². The van der Waals surface area contributed by atoms with Crippen molar-refractivity contribution in [2.75, 3.05) is 28.6 Å². The van der Waals surface area contributed by atoms with Crippen molar-refractivity contribution in [2.24, 2.45) is 0 Å². The number of amides is 1. The van der Waals surface area contributed by atoms with Crippen molar-refractivity contribution in [3.63, 3.8) is 0 Å². The van der Waals surface area contributed by atoms with Gasteiger partial charge in [-0.3, -0.25) is 0 Å². The molecule has 1 saturated carbocycles. The highest BCUT2D eigenvalue weighted by Crippen LogP contribution is 2.37. The molecule has 1 aliphatic heterocycles. The number of nitrogens with zero attached hydrogens (tertiary/aromatic N) is 7. The molecule has 2 atom stereocenters. The molecule has 1 saturated heterocycles. The minimum absolute atomic E-state index is 0.141. The quantitative estimate of drug-likeness (QED) is 0.327. The molecule has 1 aliphatic carbocycles. The van der Waals surface area contributed by atoms with Gasteiger partial charge in [0.1, 0.15) is 6.07 Å². The zero-order valence-electron chi connectivity index (χ0n) is 18.8. The molecule has 14 heteroatoms. The SMILES string of the molecule is N#Cc1cc(Nc2nc(NC3CC3)c3ncc(C#N)n3n2)c(Cl)c(N2CC[C@@H](O)[C@H](NC(=O)O)C2)c1. The summed E-state index contributed by atoms with van der Waals surface area (Å²) in [6, 6.07) is 6.87. The molecule has 1 amide bonds. The topological polar surface area (TPSA) is 188 Å². The van der Waals surface area contributed by atoms with Crippen molar-refractivity contribution in [2.45, 2.75) is 37.5 Å². The minimum atomic E-state index is -1.24. The predicted octanol–water partition coefficient (Wildman–Crippen LogP) is 2.05. The molecule has 5 N–H and O–H groups in total. The summed E-state index contributed by atoms with van der Waals surface area (Å²) in [5.41, 5.74) is 1.82. The van der Waals surface area contributed by atoms with E-state index in [4.69, 9.17) is 16.7 Å². The van der Waals surface area contributed by atoms with Crippen LogP contribution in [0.1, 0.15) is 30.5 Å². The van der Waals surface area contributed by atoms with E-state index in [1.807, 2.05) is 4.90 Å². The molecular formula is C22H21ClN10O3. The molecule has 0 radical (unpaired) electrons. The average molecular weight is 509 g/mol. The maximum absolute atomic E-state index is 11.1. The van der Waals surface area contributed by atoms with Gasteiger partial charge in [0.15, 0.2) is 17.2 Å². The molecule has 3 aromatic rings. The van der Waals surface area contributed by atoms with Gasteiger partial charge in [-0.05, 0) is 31.4 Å². The number of fused-ring (bicyclic) bond motifs is 1. The summed E-state index contributed by atoms with van der Waals surface area (Å²) in [6.45, 7) is 0.575. The lowest BCUT2D eigenvalue weighted by Crippen LogP contribution is -2.55. The lowest BCUT2D eigenvalue weighted by molar-refractivity contribution is 0.103. The van der Waals surface area contributed by atoms with Crippen LogP contribution in [0.3, 0.4) is 0 Å². The second-order valence-electron chi connectivity index (χ2n) is 8.65. The van der Waals surface area contributed by atoms with Crippen LogP contribution in [0.4, 0.5) is 27.9 Å². The second-order valence-corrected chi connectivity index (χ2v) is 9.02. The fraction of sp³-hybridized carbons (Fsp3) is 0.364. The van der Waals surface area contributed by atoms with Gasteiger partial charge in [0.2, 0.25) is 5.95 Å². The fourth-order valence-electron chi connectivity index (χ4n) is 4.10. The van der Waals surface area contributed by atoms with Crippen molar-refractivity contribution >= 4 is 46.5 Å². The number of rotatable bonds is 6. The van der Waals surface area contributed by atoms with E-state index in [1.54, 1.807) is 12.1 Å². The van der Waals surface area contributed by atoms with Gasteiger partial charge in [-0.2, -0.15) is 20.0 Å². The third-order valence-electron chi connectivity index (χ3n) is 6.05. The Kier molecular flexibility index (Phi) is 6.10. The van der Waals surface area contributed by atoms with E-state index in [0.29, 0.717) is 41.4 Å². The van der Waals surface area contributed by atoms with Gasteiger partial charge in [-0.25, -0.2) is 9.78 Å². The van der Waals surface area contributed by atoms with Crippen LogP contribution in [0.15, 0.2) is 18.3 Å². The van der Waals surface area contributed by atoms with Crippen LogP contribution in [-0.4, -0.2) is 67.2 Å². The van der Waals surface area contributed by atoms with Gasteiger partial charge < -0.3 is 31.1 Å². The lowest BCUT2D eigenvalue weighted by atomic mass is 10.0. The average Bonchev–Trinajstić information content (AvgIpc) is 3.57. The number of anilines is 4. The third kappa shape index (κ3) is 4.62. The maximum Gasteiger partial charge on any atom is 0.405 e. The second kappa shape index (κ2) is 9.37. The van der Waals surface area contributed by atoms with E-state index in [0.717, 1.165) is 12.8 Å². The molecule has 3 heterocycles. The van der Waals surface area contributed by atoms with E-state index >= 15 is 0 Å². The minimum Gasteiger partial charge on any atom is -0.465 e. The van der Waals surface area contributed by atoms with Crippen LogP contribution < -0.4 is 20.9 Å². The van der Waals surface area contributed by atoms with Crippen LogP contribution in [0.25, 0.3) is 5.65 Å². The summed E-state index contributed by atoms with van der Waals surface area (Å²) in [6.07, 6.45) is 1.67. The number of imidazole rings is 1. The Morgan fingerprint density at radius 3 is 2.72 bits per heavy atom. The zero-order chi connectivity index (χ0) is 25.4. The molecule has 0 unspecified atom stereocenters. The Labute approximate surface area is 209 Å². The summed E-state index contributed by atoms with van der Waals surface area (Å²) < 4.78 is 1.39. The number of nitrogens with one attached hydrogen (secondary N) is 3. The van der Waals surface area contributed by atoms with Crippen LogP contribution >= 0.6 is 11.6 Å². The van der Waals surface area contributed by atoms with Crippen LogP contribution in [0.2, 0.25) is 5.02 Å². The molecule has 1 aromatic carbocycles. The van der Waals surface area contributed by atoms with E-state index in [1.165, 1.54) is 10.7 Å². The number of aliphatic hydroxyl groups is 1. The van der Waals surface area contributed by atoms with Gasteiger partial charge in [-0.15, -0.1) is 5.10 Å². The van der Waals surface area contributed by atoms with Crippen molar-refractivity contribution in [1.82, 2.24) is 24.9 Å². The number of piperidine rings is 1. The third-order valence-corrected chi connectivity index (χ3v) is 6.45. The molecule has 0 bridgehead atoms. The molecule has 2 aliphatic rings. The highest BCUT2D eigenvalue weighted by Gasteiger charge is 2.31. The number of nitriles is 2. The molecule has 2 aromatic heterocycles. The summed E-state index contributed by atoms with van der Waals surface area (Å²) in [5.74, 6) is 0.611. The highest BCUT2D eigenvalue weighted by molar-refractivity contribution is 6.36. The Hall–Kier alpha value is -4.33. The number of carboxylic acid groups (broad SMARTS) is 1. The number of benzene rings is 1. The number of hydrogen-bond donors (Lipinski definition) is 5. The summed E-state index contributed by atoms with van der Waals surface area (Å²) in [5, 5.41) is 51.7. The van der Waals surface area contributed by atoms with E-state index in [-0.39, 0.29) is 29.3 Å². The highest BCUT2D eigenvalue weighted by atomic mass is 35.5. The van der Waals surface area contributed by atoms with Crippen LogP contribution in [-0.2, 0) is 0 Å². The fourth-order valence-corrected chi connectivity index (χ4v) is 4.38. The van der Waals surface area contributed by atoms with Gasteiger partial charge in [-0.1, -0.05) is 11.6 Å². The molecule has 5 rings (SSSR count). The number of aromatic nitrogens is 4. The smallest absolute Gasteiger partial charge is 0.405 e. The van der Waals surface area contributed by atoms with Crippen molar-refractivity contribution in [3.05, 3.63) is 34.6 Å². The van der Waals surface area contributed by atoms with Gasteiger partial charge in [0.25, 0.3) is 0 Å². The van der Waals surface area contributed by atoms with Crippen molar-refractivity contribution in [1.29, 1.82) is 10.5 Å². The summed E-state index contributed by atoms with van der Waals surface area (Å²) in [4.78, 5) is 21.7. The first kappa shape index (κ1) is 23.4. The van der Waals surface area contributed by atoms with Gasteiger partial charge in [0, 0.05) is 19.1 Å². The molecule has 36 heavy (non-hydrogen) atoms. The first-order valence-corrected chi connectivity index (χ1v) is 11.6. The molecule has 0 spiro atoms. The van der Waals surface area contributed by atoms with Crippen molar-refractivity contribution < 1.29 is 15.0 Å². The van der Waals surface area contributed by atoms with Crippen LogP contribution in [0.5, 0.6) is 0 Å². The zero-order valence-corrected chi connectivity index (χ0v) is 19.6. The first-order chi connectivity index (χ1) is 17.4. The summed E-state index contributed by atoms with van der Waals surface area (Å²) in [7, 11) is 0. The molecule has 2 fully saturated rings. The number of halogens is 1. The maximum atomic E-state index is 11.1.